The van der Waals surface area contributed by atoms with Gasteiger partial charge in [0.1, 0.15) is 5.82 Å². The Morgan fingerprint density at radius 3 is 2.79 bits per heavy atom. The molecule has 0 unspecified atom stereocenters. The van der Waals surface area contributed by atoms with Crippen LogP contribution < -0.4 is 0 Å². The minimum atomic E-state index is -0.363. The lowest BCUT2D eigenvalue weighted by atomic mass is 10.1. The van der Waals surface area contributed by atoms with Crippen molar-refractivity contribution in [3.63, 3.8) is 0 Å². The van der Waals surface area contributed by atoms with Crippen molar-refractivity contribution in [1.82, 2.24) is 10.1 Å². The van der Waals surface area contributed by atoms with Crippen LogP contribution in [0.15, 0.2) is 27.5 Å². The van der Waals surface area contributed by atoms with Gasteiger partial charge in [0.2, 0.25) is 12.2 Å². The molecule has 0 saturated heterocycles. The number of aromatic nitrogens is 2. The molecule has 1 aromatic heterocycles. The molecule has 0 saturated carbocycles. The first-order valence-electron chi connectivity index (χ1n) is 3.91. The Labute approximate surface area is 88.1 Å². The Balaban J connectivity index is 2.64. The lowest BCUT2D eigenvalue weighted by Crippen LogP contribution is -1.89. The van der Waals surface area contributed by atoms with Crippen molar-refractivity contribution in [3.8, 4) is 11.4 Å². The van der Waals surface area contributed by atoms with Crippen LogP contribution in [0.1, 0.15) is 5.56 Å². The van der Waals surface area contributed by atoms with Gasteiger partial charge in [-0.25, -0.2) is 4.39 Å². The van der Waals surface area contributed by atoms with Crippen LogP contribution in [0.3, 0.4) is 0 Å². The molecule has 0 bridgehead atoms. The third kappa shape index (κ3) is 1.55. The van der Waals surface area contributed by atoms with E-state index in [4.69, 9.17) is 0 Å². The normalized spacial score (nSPS) is 10.5. The summed E-state index contributed by atoms with van der Waals surface area (Å²) in [6.07, 6.45) is 1.17. The number of halogens is 2. The van der Waals surface area contributed by atoms with Crippen molar-refractivity contribution < 1.29 is 8.91 Å². The van der Waals surface area contributed by atoms with Gasteiger partial charge in [0.15, 0.2) is 0 Å². The molecule has 0 fully saturated rings. The number of rotatable bonds is 1. The number of aryl methyl sites for hydroxylation is 1. The van der Waals surface area contributed by atoms with Crippen molar-refractivity contribution >= 4 is 15.9 Å². The first-order valence-corrected chi connectivity index (χ1v) is 4.70. The summed E-state index contributed by atoms with van der Waals surface area (Å²) < 4.78 is 18.7. The van der Waals surface area contributed by atoms with Crippen molar-refractivity contribution in [2.45, 2.75) is 6.92 Å². The fourth-order valence-corrected chi connectivity index (χ4v) is 1.92. The third-order valence-electron chi connectivity index (χ3n) is 1.77. The first kappa shape index (κ1) is 9.33. The van der Waals surface area contributed by atoms with E-state index in [-0.39, 0.29) is 11.6 Å². The summed E-state index contributed by atoms with van der Waals surface area (Å²) in [6.45, 7) is 1.81. The highest BCUT2D eigenvalue weighted by molar-refractivity contribution is 9.10. The topological polar surface area (TPSA) is 38.9 Å². The van der Waals surface area contributed by atoms with Gasteiger partial charge in [0.25, 0.3) is 0 Å². The van der Waals surface area contributed by atoms with Crippen LogP contribution in [0.25, 0.3) is 11.4 Å². The Kier molecular flexibility index (Phi) is 2.33. The van der Waals surface area contributed by atoms with Gasteiger partial charge in [0.05, 0.1) is 5.56 Å². The van der Waals surface area contributed by atoms with Crippen molar-refractivity contribution in [3.05, 3.63) is 34.4 Å². The summed E-state index contributed by atoms with van der Waals surface area (Å²) in [5, 5.41) is 3.58. The van der Waals surface area contributed by atoms with E-state index in [1.165, 1.54) is 12.5 Å². The quantitative estimate of drug-likeness (QED) is 0.788. The number of hydrogen-bond donors (Lipinski definition) is 0. The highest BCUT2D eigenvalue weighted by Gasteiger charge is 2.13. The summed E-state index contributed by atoms with van der Waals surface area (Å²) in [7, 11) is 0. The molecule has 2 aromatic rings. The van der Waals surface area contributed by atoms with Crippen LogP contribution in [0.2, 0.25) is 0 Å². The number of nitrogens with zero attached hydrogens (tertiary/aromatic N) is 2. The zero-order valence-corrected chi connectivity index (χ0v) is 8.88. The van der Waals surface area contributed by atoms with Gasteiger partial charge >= 0.3 is 0 Å². The Bertz CT molecular complexity index is 433. The molecule has 0 aliphatic rings. The highest BCUT2D eigenvalue weighted by Crippen LogP contribution is 2.29. The maximum atomic E-state index is 13.5. The van der Waals surface area contributed by atoms with Gasteiger partial charge in [-0.05, 0) is 40.5 Å². The molecule has 3 nitrogen and oxygen atoms in total. The van der Waals surface area contributed by atoms with Gasteiger partial charge in [0, 0.05) is 4.47 Å². The summed E-state index contributed by atoms with van der Waals surface area (Å²) in [5.41, 5.74) is 1.16. The molecule has 1 heterocycles. The number of hydrogen-bond acceptors (Lipinski definition) is 3. The highest BCUT2D eigenvalue weighted by atomic mass is 79.9. The molecule has 0 radical (unpaired) electrons. The first-order chi connectivity index (χ1) is 6.68. The second-order valence-corrected chi connectivity index (χ2v) is 3.71. The summed E-state index contributed by atoms with van der Waals surface area (Å²) in [4.78, 5) is 3.79. The smallest absolute Gasteiger partial charge is 0.214 e. The molecular formula is C9H6BrFN2O. The van der Waals surface area contributed by atoms with Crippen LogP contribution >= 0.6 is 15.9 Å². The maximum absolute atomic E-state index is 13.5. The molecule has 14 heavy (non-hydrogen) atoms. The molecule has 0 aliphatic heterocycles. The van der Waals surface area contributed by atoms with Crippen LogP contribution in [0, 0.1) is 12.7 Å². The predicted octanol–water partition coefficient (Wildman–Crippen LogP) is 2.95. The molecule has 0 spiro atoms. The SMILES string of the molecule is Cc1cc(F)c(-c2ncon2)c(Br)c1. The predicted molar refractivity (Wildman–Crippen MR) is 52.1 cm³/mol. The maximum Gasteiger partial charge on any atom is 0.214 e. The van der Waals surface area contributed by atoms with Crippen LogP contribution in [0.4, 0.5) is 4.39 Å². The van der Waals surface area contributed by atoms with Crippen LogP contribution in [-0.2, 0) is 0 Å². The molecular weight excluding hydrogens is 251 g/mol. The Morgan fingerprint density at radius 2 is 2.21 bits per heavy atom. The molecule has 0 amide bonds. The van der Waals surface area contributed by atoms with E-state index in [1.807, 2.05) is 6.92 Å². The zero-order chi connectivity index (χ0) is 10.1. The fraction of sp³-hybridized carbons (Fsp3) is 0.111. The van der Waals surface area contributed by atoms with Gasteiger partial charge in [-0.1, -0.05) is 5.16 Å². The molecule has 0 N–H and O–H groups in total. The molecule has 72 valence electrons. The second-order valence-electron chi connectivity index (χ2n) is 2.86. The average Bonchev–Trinajstić information content (AvgIpc) is 2.54. The lowest BCUT2D eigenvalue weighted by Gasteiger charge is -2.02. The molecule has 0 aliphatic carbocycles. The lowest BCUT2D eigenvalue weighted by molar-refractivity contribution is 0.418. The average molecular weight is 257 g/mol. The Hall–Kier alpha value is -1.23. The van der Waals surface area contributed by atoms with Crippen LogP contribution in [0.5, 0.6) is 0 Å². The minimum absolute atomic E-state index is 0.245. The zero-order valence-electron chi connectivity index (χ0n) is 7.29. The third-order valence-corrected chi connectivity index (χ3v) is 2.40. The van der Waals surface area contributed by atoms with Gasteiger partial charge in [-0.2, -0.15) is 4.98 Å². The van der Waals surface area contributed by atoms with E-state index in [1.54, 1.807) is 6.07 Å². The van der Waals surface area contributed by atoms with Gasteiger partial charge in [-0.15, -0.1) is 0 Å². The Morgan fingerprint density at radius 1 is 1.43 bits per heavy atom. The standard InChI is InChI=1S/C9H6BrFN2O/c1-5-2-6(10)8(7(11)3-5)9-12-4-14-13-9/h2-4H,1H3. The van der Waals surface area contributed by atoms with Crippen molar-refractivity contribution in [1.29, 1.82) is 0 Å². The molecule has 0 atom stereocenters. The van der Waals surface area contributed by atoms with E-state index >= 15 is 0 Å². The van der Waals surface area contributed by atoms with Gasteiger partial charge < -0.3 is 4.52 Å². The van der Waals surface area contributed by atoms with E-state index in [0.29, 0.717) is 10.0 Å². The van der Waals surface area contributed by atoms with E-state index in [9.17, 15) is 4.39 Å². The minimum Gasteiger partial charge on any atom is -0.342 e. The summed E-state index contributed by atoms with van der Waals surface area (Å²) >= 11 is 3.26. The second kappa shape index (κ2) is 3.49. The van der Waals surface area contributed by atoms with E-state index < -0.39 is 0 Å². The van der Waals surface area contributed by atoms with E-state index in [0.717, 1.165) is 5.56 Å². The summed E-state index contributed by atoms with van der Waals surface area (Å²) in [6, 6.07) is 3.23. The fourth-order valence-electron chi connectivity index (χ4n) is 1.19. The largest absolute Gasteiger partial charge is 0.342 e. The molecule has 1 aromatic carbocycles. The van der Waals surface area contributed by atoms with E-state index in [2.05, 4.69) is 30.6 Å². The monoisotopic (exact) mass is 256 g/mol. The molecule has 2 rings (SSSR count). The van der Waals surface area contributed by atoms with Gasteiger partial charge in [-0.3, -0.25) is 0 Å². The number of benzene rings is 1. The summed E-state index contributed by atoms with van der Waals surface area (Å²) in [5.74, 6) is -0.118. The molecule has 5 heteroatoms. The van der Waals surface area contributed by atoms with Crippen molar-refractivity contribution in [2.75, 3.05) is 0 Å². The van der Waals surface area contributed by atoms with Crippen molar-refractivity contribution in [2.24, 2.45) is 0 Å². The van der Waals surface area contributed by atoms with Crippen LogP contribution in [-0.4, -0.2) is 10.1 Å².